The minimum atomic E-state index is 0. The first-order valence-electron chi connectivity index (χ1n) is 7.66. The zero-order valence-corrected chi connectivity index (χ0v) is 15.3. The Labute approximate surface area is 142 Å². The van der Waals surface area contributed by atoms with E-state index in [9.17, 15) is 0 Å². The fourth-order valence-electron chi connectivity index (χ4n) is 3.14. The molecule has 2 atom stereocenters. The lowest BCUT2D eigenvalue weighted by atomic mass is 9.87. The van der Waals surface area contributed by atoms with E-state index in [1.807, 2.05) is 0 Å². The average molecular weight is 333 g/mol. The molecule has 122 valence electrons. The third kappa shape index (κ3) is 4.85. The Morgan fingerprint density at radius 2 is 1.76 bits per heavy atom. The van der Waals surface area contributed by atoms with Crippen molar-refractivity contribution in [2.45, 2.75) is 40.2 Å². The van der Waals surface area contributed by atoms with Gasteiger partial charge >= 0.3 is 0 Å². The highest BCUT2D eigenvalue weighted by Crippen LogP contribution is 2.33. The summed E-state index contributed by atoms with van der Waals surface area (Å²) < 4.78 is 0. The van der Waals surface area contributed by atoms with Gasteiger partial charge < -0.3 is 5.32 Å². The largest absolute Gasteiger partial charge is 0.314 e. The topological polar surface area (TPSA) is 15.3 Å². The van der Waals surface area contributed by atoms with Crippen molar-refractivity contribution in [3.05, 3.63) is 34.9 Å². The molecule has 1 N–H and O–H groups in total. The van der Waals surface area contributed by atoms with Gasteiger partial charge in [0.15, 0.2) is 0 Å². The molecule has 4 heteroatoms. The lowest BCUT2D eigenvalue weighted by Gasteiger charge is -2.39. The molecule has 1 saturated heterocycles. The van der Waals surface area contributed by atoms with Crippen molar-refractivity contribution in [3.8, 4) is 0 Å². The molecule has 0 aliphatic carbocycles. The lowest BCUT2D eigenvalue weighted by molar-refractivity contribution is 0.128. The van der Waals surface area contributed by atoms with Crippen LogP contribution in [0.3, 0.4) is 0 Å². The van der Waals surface area contributed by atoms with Gasteiger partial charge in [-0.1, -0.05) is 38.5 Å². The molecule has 0 aromatic heterocycles. The molecule has 0 radical (unpaired) electrons. The second-order valence-electron chi connectivity index (χ2n) is 5.91. The summed E-state index contributed by atoms with van der Waals surface area (Å²) in [7, 11) is 0. The van der Waals surface area contributed by atoms with Gasteiger partial charge in [0, 0.05) is 32.2 Å². The molecule has 2 nitrogen and oxygen atoms in total. The number of hydrogen-bond donors (Lipinski definition) is 1. The number of nitrogens with zero attached hydrogens (tertiary/aromatic N) is 1. The quantitative estimate of drug-likeness (QED) is 0.891. The molecular weight excluding hydrogens is 303 g/mol. The highest BCUT2D eigenvalue weighted by molar-refractivity contribution is 5.85. The van der Waals surface area contributed by atoms with Crippen LogP contribution in [0.2, 0.25) is 0 Å². The van der Waals surface area contributed by atoms with Crippen LogP contribution in [0.4, 0.5) is 0 Å². The minimum Gasteiger partial charge on any atom is -0.314 e. The maximum Gasteiger partial charge on any atom is 0.0377 e. The number of rotatable bonds is 4. The van der Waals surface area contributed by atoms with Crippen LogP contribution in [0.25, 0.3) is 0 Å². The number of aryl methyl sites for hydroxylation is 1. The zero-order valence-electron chi connectivity index (χ0n) is 13.7. The van der Waals surface area contributed by atoms with Crippen molar-refractivity contribution in [1.29, 1.82) is 0 Å². The Kier molecular flexibility index (Phi) is 9.55. The smallest absolute Gasteiger partial charge is 0.0377 e. The van der Waals surface area contributed by atoms with Gasteiger partial charge in [-0.25, -0.2) is 0 Å². The Morgan fingerprint density at radius 1 is 1.14 bits per heavy atom. The van der Waals surface area contributed by atoms with Crippen LogP contribution in [-0.4, -0.2) is 31.1 Å². The van der Waals surface area contributed by atoms with Crippen LogP contribution in [0.1, 0.15) is 43.0 Å². The van der Waals surface area contributed by atoms with Crippen molar-refractivity contribution in [1.82, 2.24) is 10.2 Å². The van der Waals surface area contributed by atoms with E-state index in [1.54, 1.807) is 0 Å². The van der Waals surface area contributed by atoms with Crippen LogP contribution >= 0.6 is 24.8 Å². The summed E-state index contributed by atoms with van der Waals surface area (Å²) in [5, 5.41) is 3.46. The molecule has 0 amide bonds. The maximum atomic E-state index is 3.46. The fraction of sp³-hybridized carbons (Fsp3) is 0.647. The molecule has 1 aromatic rings. The van der Waals surface area contributed by atoms with Crippen molar-refractivity contribution >= 4 is 24.8 Å². The Hall–Kier alpha value is -0.280. The second kappa shape index (κ2) is 9.68. The van der Waals surface area contributed by atoms with Gasteiger partial charge in [0.05, 0.1) is 0 Å². The Morgan fingerprint density at radius 3 is 2.33 bits per heavy atom. The molecule has 1 unspecified atom stereocenters. The van der Waals surface area contributed by atoms with Crippen molar-refractivity contribution in [3.63, 3.8) is 0 Å². The van der Waals surface area contributed by atoms with Crippen LogP contribution in [-0.2, 0) is 0 Å². The zero-order chi connectivity index (χ0) is 13.8. The third-order valence-electron chi connectivity index (χ3n) is 4.69. The highest BCUT2D eigenvalue weighted by atomic mass is 35.5. The van der Waals surface area contributed by atoms with E-state index in [0.29, 0.717) is 12.0 Å². The van der Waals surface area contributed by atoms with E-state index in [0.717, 1.165) is 13.1 Å². The lowest BCUT2D eigenvalue weighted by Crippen LogP contribution is -2.46. The fourth-order valence-corrected chi connectivity index (χ4v) is 3.14. The number of benzene rings is 1. The van der Waals surface area contributed by atoms with Crippen LogP contribution in [0.5, 0.6) is 0 Å². The normalized spacial score (nSPS) is 18.3. The Balaban J connectivity index is 0.00000200. The Bertz CT molecular complexity index is 417. The molecule has 1 fully saturated rings. The van der Waals surface area contributed by atoms with Crippen LogP contribution in [0.15, 0.2) is 18.2 Å². The van der Waals surface area contributed by atoms with Gasteiger partial charge in [-0.15, -0.1) is 24.8 Å². The standard InChI is InChI=1S/C17H28N2.2ClH/c1-5-13(2)17(19-11-9-18-10-12-19)16-8-6-7-14(3)15(16)4;;/h6-8,13,17-18H,5,9-12H2,1-4H3;2*1H/t13?,17-;;/m0../s1. The monoisotopic (exact) mass is 332 g/mol. The SMILES string of the molecule is CCC(C)[C@@H](c1cccc(C)c1C)N1CCNCC1.Cl.Cl. The molecule has 0 saturated carbocycles. The number of halogens is 2. The number of hydrogen-bond acceptors (Lipinski definition) is 2. The molecule has 0 bridgehead atoms. The minimum absolute atomic E-state index is 0. The highest BCUT2D eigenvalue weighted by Gasteiger charge is 2.27. The summed E-state index contributed by atoms with van der Waals surface area (Å²) in [6, 6.07) is 7.35. The van der Waals surface area contributed by atoms with Gasteiger partial charge in [-0.3, -0.25) is 4.90 Å². The van der Waals surface area contributed by atoms with Gasteiger partial charge in [0.25, 0.3) is 0 Å². The van der Waals surface area contributed by atoms with Crippen molar-refractivity contribution in [2.24, 2.45) is 5.92 Å². The molecule has 2 rings (SSSR count). The molecule has 1 heterocycles. The van der Waals surface area contributed by atoms with E-state index >= 15 is 0 Å². The van der Waals surface area contributed by atoms with Gasteiger partial charge in [0.1, 0.15) is 0 Å². The molecule has 0 spiro atoms. The maximum absolute atomic E-state index is 3.46. The first-order chi connectivity index (χ1) is 9.15. The van der Waals surface area contributed by atoms with E-state index < -0.39 is 0 Å². The number of nitrogens with one attached hydrogen (secondary N) is 1. The summed E-state index contributed by atoms with van der Waals surface area (Å²) in [5.41, 5.74) is 4.43. The summed E-state index contributed by atoms with van der Waals surface area (Å²) in [6.07, 6.45) is 1.24. The number of piperazine rings is 1. The molecular formula is C17H30Cl2N2. The van der Waals surface area contributed by atoms with Crippen molar-refractivity contribution in [2.75, 3.05) is 26.2 Å². The predicted molar refractivity (Wildman–Crippen MR) is 97.1 cm³/mol. The van der Waals surface area contributed by atoms with E-state index in [1.165, 1.54) is 36.2 Å². The van der Waals surface area contributed by atoms with E-state index in [-0.39, 0.29) is 24.8 Å². The first-order valence-corrected chi connectivity index (χ1v) is 7.66. The summed E-state index contributed by atoms with van der Waals surface area (Å²) in [6.45, 7) is 13.8. The molecule has 1 aromatic carbocycles. The van der Waals surface area contributed by atoms with E-state index in [4.69, 9.17) is 0 Å². The van der Waals surface area contributed by atoms with Gasteiger partial charge in [0.2, 0.25) is 0 Å². The molecule has 1 aliphatic rings. The average Bonchev–Trinajstić information content (AvgIpc) is 2.44. The summed E-state index contributed by atoms with van der Waals surface area (Å²) >= 11 is 0. The van der Waals surface area contributed by atoms with Gasteiger partial charge in [-0.2, -0.15) is 0 Å². The molecule has 21 heavy (non-hydrogen) atoms. The van der Waals surface area contributed by atoms with Crippen molar-refractivity contribution < 1.29 is 0 Å². The first kappa shape index (κ1) is 20.7. The van der Waals surface area contributed by atoms with Crippen LogP contribution < -0.4 is 5.32 Å². The van der Waals surface area contributed by atoms with Crippen LogP contribution in [0, 0.1) is 19.8 Å². The molecule has 1 aliphatic heterocycles. The summed E-state index contributed by atoms with van der Waals surface area (Å²) in [5.74, 6) is 0.707. The predicted octanol–water partition coefficient (Wildman–Crippen LogP) is 4.14. The third-order valence-corrected chi connectivity index (χ3v) is 4.69. The van der Waals surface area contributed by atoms with Gasteiger partial charge in [-0.05, 0) is 36.5 Å². The second-order valence-corrected chi connectivity index (χ2v) is 5.91. The summed E-state index contributed by atoms with van der Waals surface area (Å²) in [4.78, 5) is 2.67. The van der Waals surface area contributed by atoms with E-state index in [2.05, 4.69) is 56.1 Å².